The molecular formula is C17H16ClNO3. The van der Waals surface area contributed by atoms with Crippen LogP contribution in [0.1, 0.15) is 17.0 Å². The van der Waals surface area contributed by atoms with Gasteiger partial charge in [0.1, 0.15) is 24.0 Å². The molecule has 1 heterocycles. The van der Waals surface area contributed by atoms with E-state index in [0.717, 1.165) is 16.9 Å². The molecule has 2 aromatic rings. The predicted octanol–water partition coefficient (Wildman–Crippen LogP) is 3.14. The lowest BCUT2D eigenvalue weighted by atomic mass is 10.0. The molecule has 2 aromatic carbocycles. The van der Waals surface area contributed by atoms with Crippen molar-refractivity contribution in [2.24, 2.45) is 0 Å². The van der Waals surface area contributed by atoms with Crippen LogP contribution in [0, 0.1) is 0 Å². The Bertz CT molecular complexity index is 702. The van der Waals surface area contributed by atoms with E-state index in [4.69, 9.17) is 21.1 Å². The second-order valence-electron chi connectivity index (χ2n) is 5.08. The van der Waals surface area contributed by atoms with Crippen molar-refractivity contribution < 1.29 is 14.3 Å². The number of nitrogens with one attached hydrogen (secondary N) is 1. The summed E-state index contributed by atoms with van der Waals surface area (Å²) >= 11 is 5.99. The molecule has 0 radical (unpaired) electrons. The smallest absolute Gasteiger partial charge is 0.231 e. The van der Waals surface area contributed by atoms with Crippen molar-refractivity contribution in [3.8, 4) is 11.5 Å². The maximum atomic E-state index is 12.4. The van der Waals surface area contributed by atoms with Gasteiger partial charge in [-0.05, 0) is 24.3 Å². The van der Waals surface area contributed by atoms with Gasteiger partial charge < -0.3 is 14.8 Å². The minimum absolute atomic E-state index is 0.0630. The maximum absolute atomic E-state index is 12.4. The Balaban J connectivity index is 1.70. The first-order valence-electron chi connectivity index (χ1n) is 7.01. The first kappa shape index (κ1) is 14.7. The van der Waals surface area contributed by atoms with Gasteiger partial charge >= 0.3 is 0 Å². The number of ether oxygens (including phenoxy) is 2. The van der Waals surface area contributed by atoms with Crippen molar-refractivity contribution in [2.75, 3.05) is 13.7 Å². The average molecular weight is 318 g/mol. The summed E-state index contributed by atoms with van der Waals surface area (Å²) in [5.74, 6) is 1.14. The fraction of sp³-hybridized carbons (Fsp3) is 0.235. The molecule has 0 saturated carbocycles. The summed E-state index contributed by atoms with van der Waals surface area (Å²) in [6.07, 6.45) is 0. The summed E-state index contributed by atoms with van der Waals surface area (Å²) in [5.41, 5.74) is 1.77. The molecule has 1 amide bonds. The van der Waals surface area contributed by atoms with E-state index in [2.05, 4.69) is 5.32 Å². The SMILES string of the molecule is COc1ccc(Cl)cc1CNC(=O)C1COc2ccccc21. The Morgan fingerprint density at radius 1 is 1.36 bits per heavy atom. The number of rotatable bonds is 4. The number of amides is 1. The second kappa shape index (κ2) is 6.28. The molecule has 0 saturated heterocycles. The Labute approximate surface area is 134 Å². The Kier molecular flexibility index (Phi) is 4.20. The molecule has 22 heavy (non-hydrogen) atoms. The monoisotopic (exact) mass is 317 g/mol. The van der Waals surface area contributed by atoms with Crippen molar-refractivity contribution in [2.45, 2.75) is 12.5 Å². The molecular weight excluding hydrogens is 302 g/mol. The van der Waals surface area contributed by atoms with Gasteiger partial charge in [0.2, 0.25) is 5.91 Å². The first-order chi connectivity index (χ1) is 10.7. The van der Waals surface area contributed by atoms with E-state index in [9.17, 15) is 4.79 Å². The van der Waals surface area contributed by atoms with E-state index in [-0.39, 0.29) is 11.8 Å². The molecule has 0 aliphatic carbocycles. The molecule has 1 unspecified atom stereocenters. The molecule has 5 heteroatoms. The number of halogens is 1. The number of carbonyl (C=O) groups excluding carboxylic acids is 1. The summed E-state index contributed by atoms with van der Waals surface area (Å²) in [7, 11) is 1.59. The van der Waals surface area contributed by atoms with Crippen LogP contribution in [0.3, 0.4) is 0 Å². The summed E-state index contributed by atoms with van der Waals surface area (Å²) in [6.45, 7) is 0.735. The van der Waals surface area contributed by atoms with Crippen LogP contribution in [-0.4, -0.2) is 19.6 Å². The third-order valence-electron chi connectivity index (χ3n) is 3.71. The van der Waals surface area contributed by atoms with Gasteiger partial charge in [-0.3, -0.25) is 4.79 Å². The summed E-state index contributed by atoms with van der Waals surface area (Å²) in [5, 5.41) is 3.54. The van der Waals surface area contributed by atoms with E-state index >= 15 is 0 Å². The highest BCUT2D eigenvalue weighted by Crippen LogP contribution is 2.33. The molecule has 0 aromatic heterocycles. The van der Waals surface area contributed by atoms with Crippen LogP contribution in [-0.2, 0) is 11.3 Å². The van der Waals surface area contributed by atoms with Gasteiger partial charge in [0.25, 0.3) is 0 Å². The van der Waals surface area contributed by atoms with Crippen molar-refractivity contribution in [3.63, 3.8) is 0 Å². The topological polar surface area (TPSA) is 47.6 Å². The molecule has 1 atom stereocenters. The number of methoxy groups -OCH3 is 1. The summed E-state index contributed by atoms with van der Waals surface area (Å²) < 4.78 is 10.8. The van der Waals surface area contributed by atoms with Crippen LogP contribution in [0.25, 0.3) is 0 Å². The molecule has 1 N–H and O–H groups in total. The lowest BCUT2D eigenvalue weighted by molar-refractivity contribution is -0.122. The molecule has 0 bridgehead atoms. The van der Waals surface area contributed by atoms with Crippen LogP contribution in [0.2, 0.25) is 5.02 Å². The zero-order valence-corrected chi connectivity index (χ0v) is 12.9. The van der Waals surface area contributed by atoms with Gasteiger partial charge in [-0.15, -0.1) is 0 Å². The zero-order chi connectivity index (χ0) is 15.5. The minimum Gasteiger partial charge on any atom is -0.496 e. The van der Waals surface area contributed by atoms with Crippen LogP contribution in [0.4, 0.5) is 0 Å². The van der Waals surface area contributed by atoms with Crippen LogP contribution in [0.15, 0.2) is 42.5 Å². The number of benzene rings is 2. The number of hydrogen-bond acceptors (Lipinski definition) is 3. The van der Waals surface area contributed by atoms with Gasteiger partial charge in [-0.25, -0.2) is 0 Å². The predicted molar refractivity (Wildman–Crippen MR) is 84.5 cm³/mol. The van der Waals surface area contributed by atoms with Crippen molar-refractivity contribution in [1.29, 1.82) is 0 Å². The highest BCUT2D eigenvalue weighted by atomic mass is 35.5. The van der Waals surface area contributed by atoms with E-state index in [1.807, 2.05) is 24.3 Å². The number of para-hydroxylation sites is 1. The Morgan fingerprint density at radius 2 is 2.18 bits per heavy atom. The normalized spacial score (nSPS) is 15.8. The highest BCUT2D eigenvalue weighted by molar-refractivity contribution is 6.30. The Morgan fingerprint density at radius 3 is 3.00 bits per heavy atom. The maximum Gasteiger partial charge on any atom is 0.231 e. The lowest BCUT2D eigenvalue weighted by Crippen LogP contribution is -2.29. The largest absolute Gasteiger partial charge is 0.496 e. The van der Waals surface area contributed by atoms with Crippen molar-refractivity contribution in [1.82, 2.24) is 5.32 Å². The van der Waals surface area contributed by atoms with E-state index < -0.39 is 0 Å². The Hall–Kier alpha value is -2.20. The fourth-order valence-electron chi connectivity index (χ4n) is 2.57. The first-order valence-corrected chi connectivity index (χ1v) is 7.38. The van der Waals surface area contributed by atoms with E-state index in [1.54, 1.807) is 25.3 Å². The fourth-order valence-corrected chi connectivity index (χ4v) is 2.77. The molecule has 0 fully saturated rings. The van der Waals surface area contributed by atoms with Gasteiger partial charge in [-0.1, -0.05) is 29.8 Å². The lowest BCUT2D eigenvalue weighted by Gasteiger charge is -2.13. The van der Waals surface area contributed by atoms with Gasteiger partial charge in [0.05, 0.1) is 7.11 Å². The van der Waals surface area contributed by atoms with Gasteiger partial charge in [-0.2, -0.15) is 0 Å². The van der Waals surface area contributed by atoms with Crippen LogP contribution >= 0.6 is 11.6 Å². The summed E-state index contributed by atoms with van der Waals surface area (Å²) in [6, 6.07) is 12.9. The third-order valence-corrected chi connectivity index (χ3v) is 3.95. The molecule has 114 valence electrons. The van der Waals surface area contributed by atoms with E-state index in [1.165, 1.54) is 0 Å². The van der Waals surface area contributed by atoms with Crippen LogP contribution < -0.4 is 14.8 Å². The highest BCUT2D eigenvalue weighted by Gasteiger charge is 2.29. The summed E-state index contributed by atoms with van der Waals surface area (Å²) in [4.78, 5) is 12.4. The average Bonchev–Trinajstić information content (AvgIpc) is 2.97. The molecule has 3 rings (SSSR count). The number of carbonyl (C=O) groups is 1. The van der Waals surface area contributed by atoms with E-state index in [0.29, 0.717) is 23.9 Å². The van der Waals surface area contributed by atoms with Crippen molar-refractivity contribution >= 4 is 17.5 Å². The molecule has 1 aliphatic rings. The van der Waals surface area contributed by atoms with Crippen molar-refractivity contribution in [3.05, 3.63) is 58.6 Å². The minimum atomic E-state index is -0.277. The number of hydrogen-bond donors (Lipinski definition) is 1. The second-order valence-corrected chi connectivity index (χ2v) is 5.51. The molecule has 4 nitrogen and oxygen atoms in total. The standard InChI is InChI=1S/C17H16ClNO3/c1-21-15-7-6-12(18)8-11(15)9-19-17(20)14-10-22-16-5-3-2-4-13(14)16/h2-8,14H,9-10H2,1H3,(H,19,20). The number of fused-ring (bicyclic) bond motifs is 1. The molecule has 1 aliphatic heterocycles. The molecule has 0 spiro atoms. The van der Waals surface area contributed by atoms with Crippen LogP contribution in [0.5, 0.6) is 11.5 Å². The van der Waals surface area contributed by atoms with Gasteiger partial charge in [0.15, 0.2) is 0 Å². The van der Waals surface area contributed by atoms with Gasteiger partial charge in [0, 0.05) is 22.7 Å². The third kappa shape index (κ3) is 2.88. The zero-order valence-electron chi connectivity index (χ0n) is 12.1. The quantitative estimate of drug-likeness (QED) is 0.942.